The van der Waals surface area contributed by atoms with Crippen LogP contribution in [0.5, 0.6) is 5.75 Å². The largest absolute Gasteiger partial charge is 0.492 e. The zero-order valence-electron chi connectivity index (χ0n) is 8.50. The molecule has 0 saturated heterocycles. The van der Waals surface area contributed by atoms with E-state index < -0.39 is 0 Å². The lowest BCUT2D eigenvalue weighted by Gasteiger charge is -2.06. The van der Waals surface area contributed by atoms with Crippen molar-refractivity contribution in [3.8, 4) is 18.1 Å². The first-order chi connectivity index (χ1) is 7.26. The summed E-state index contributed by atoms with van der Waals surface area (Å²) in [5.74, 6) is 2.65. The molecule has 0 bridgehead atoms. The summed E-state index contributed by atoms with van der Waals surface area (Å²) in [4.78, 5) is 0. The fourth-order valence-corrected chi connectivity index (χ4v) is 1.24. The summed E-state index contributed by atoms with van der Waals surface area (Å²) in [5, 5.41) is 0. The van der Waals surface area contributed by atoms with Crippen molar-refractivity contribution in [2.24, 2.45) is 5.73 Å². The summed E-state index contributed by atoms with van der Waals surface area (Å²) in [5.41, 5.74) is 6.23. The van der Waals surface area contributed by atoms with E-state index in [0.717, 1.165) is 5.56 Å². The Morgan fingerprint density at radius 2 is 2.20 bits per heavy atom. The number of halogens is 1. The molecule has 0 aliphatic carbocycles. The van der Waals surface area contributed by atoms with Gasteiger partial charge in [-0.15, -0.1) is 12.3 Å². The van der Waals surface area contributed by atoms with Gasteiger partial charge in [0.1, 0.15) is 11.6 Å². The maximum absolute atomic E-state index is 13.1. The molecule has 1 aromatic rings. The molecule has 0 aliphatic rings. The monoisotopic (exact) mass is 207 g/mol. The standard InChI is InChI=1S/C12H14FNO/c1-2-3-6-15-12-8-10(4-5-14)7-11(13)9-12/h1,7-9H,3-6,14H2. The second kappa shape index (κ2) is 6.05. The molecule has 0 spiro atoms. The smallest absolute Gasteiger partial charge is 0.127 e. The molecule has 3 heteroatoms. The van der Waals surface area contributed by atoms with Gasteiger partial charge in [-0.25, -0.2) is 4.39 Å². The first-order valence-corrected chi connectivity index (χ1v) is 4.82. The van der Waals surface area contributed by atoms with Crippen molar-refractivity contribution < 1.29 is 9.13 Å². The van der Waals surface area contributed by atoms with E-state index in [1.54, 1.807) is 6.07 Å². The molecule has 1 aromatic carbocycles. The molecule has 0 aliphatic heterocycles. The van der Waals surface area contributed by atoms with Crippen LogP contribution in [-0.4, -0.2) is 13.2 Å². The van der Waals surface area contributed by atoms with E-state index in [2.05, 4.69) is 5.92 Å². The van der Waals surface area contributed by atoms with E-state index in [0.29, 0.717) is 31.7 Å². The van der Waals surface area contributed by atoms with Crippen LogP contribution in [0.1, 0.15) is 12.0 Å². The molecule has 0 amide bonds. The van der Waals surface area contributed by atoms with Crippen LogP contribution in [0.2, 0.25) is 0 Å². The normalized spacial score (nSPS) is 9.67. The lowest BCUT2D eigenvalue weighted by Crippen LogP contribution is -2.04. The number of terminal acetylenes is 1. The number of ether oxygens (including phenoxy) is 1. The summed E-state index contributed by atoms with van der Waals surface area (Å²) >= 11 is 0. The number of hydrogen-bond donors (Lipinski definition) is 1. The van der Waals surface area contributed by atoms with E-state index in [4.69, 9.17) is 16.9 Å². The molecular weight excluding hydrogens is 193 g/mol. The van der Waals surface area contributed by atoms with Crippen LogP contribution in [0.3, 0.4) is 0 Å². The van der Waals surface area contributed by atoms with E-state index in [1.165, 1.54) is 12.1 Å². The molecule has 15 heavy (non-hydrogen) atoms. The minimum absolute atomic E-state index is 0.309. The zero-order chi connectivity index (χ0) is 11.1. The molecule has 0 atom stereocenters. The Hall–Kier alpha value is -1.53. The third-order valence-electron chi connectivity index (χ3n) is 1.88. The van der Waals surface area contributed by atoms with Gasteiger partial charge < -0.3 is 10.5 Å². The minimum atomic E-state index is -0.309. The number of benzene rings is 1. The van der Waals surface area contributed by atoms with Crippen LogP contribution in [0, 0.1) is 18.2 Å². The van der Waals surface area contributed by atoms with Gasteiger partial charge >= 0.3 is 0 Å². The number of hydrogen-bond acceptors (Lipinski definition) is 2. The van der Waals surface area contributed by atoms with Crippen molar-refractivity contribution in [3.63, 3.8) is 0 Å². The summed E-state index contributed by atoms with van der Waals surface area (Å²) < 4.78 is 18.4. The molecule has 2 N–H and O–H groups in total. The van der Waals surface area contributed by atoms with Gasteiger partial charge in [-0.2, -0.15) is 0 Å². The van der Waals surface area contributed by atoms with Gasteiger partial charge in [0.05, 0.1) is 6.61 Å². The quantitative estimate of drug-likeness (QED) is 0.589. The van der Waals surface area contributed by atoms with E-state index in [-0.39, 0.29) is 5.82 Å². The lowest BCUT2D eigenvalue weighted by atomic mass is 10.1. The highest BCUT2D eigenvalue weighted by Gasteiger charge is 2.01. The average Bonchev–Trinajstić information content (AvgIpc) is 2.18. The van der Waals surface area contributed by atoms with E-state index in [1.807, 2.05) is 0 Å². The van der Waals surface area contributed by atoms with Crippen molar-refractivity contribution in [2.45, 2.75) is 12.8 Å². The maximum Gasteiger partial charge on any atom is 0.127 e. The highest BCUT2D eigenvalue weighted by Crippen LogP contribution is 2.16. The lowest BCUT2D eigenvalue weighted by molar-refractivity contribution is 0.325. The Bertz CT molecular complexity index is 357. The van der Waals surface area contributed by atoms with Gasteiger partial charge in [-0.3, -0.25) is 0 Å². The zero-order valence-corrected chi connectivity index (χ0v) is 8.50. The van der Waals surface area contributed by atoms with Crippen LogP contribution in [0.4, 0.5) is 4.39 Å². The topological polar surface area (TPSA) is 35.2 Å². The molecular formula is C12H14FNO. The minimum Gasteiger partial charge on any atom is -0.492 e. The molecule has 0 fully saturated rings. The van der Waals surface area contributed by atoms with Crippen LogP contribution >= 0.6 is 0 Å². The summed E-state index contributed by atoms with van der Waals surface area (Å²) in [6, 6.07) is 4.59. The Kier molecular flexibility index (Phi) is 4.65. The van der Waals surface area contributed by atoms with Crippen molar-refractivity contribution >= 4 is 0 Å². The third-order valence-corrected chi connectivity index (χ3v) is 1.88. The second-order valence-electron chi connectivity index (χ2n) is 3.14. The SMILES string of the molecule is C#CCCOc1cc(F)cc(CCN)c1. The van der Waals surface area contributed by atoms with E-state index >= 15 is 0 Å². The summed E-state index contributed by atoms with van der Waals surface area (Å²) in [7, 11) is 0. The fraction of sp³-hybridized carbons (Fsp3) is 0.333. The third kappa shape index (κ3) is 4.01. The predicted octanol–water partition coefficient (Wildman–Crippen LogP) is 1.73. The van der Waals surface area contributed by atoms with Gasteiger partial charge in [0, 0.05) is 12.5 Å². The van der Waals surface area contributed by atoms with Gasteiger partial charge in [-0.05, 0) is 30.7 Å². The molecule has 0 saturated carbocycles. The van der Waals surface area contributed by atoms with Crippen molar-refractivity contribution in [2.75, 3.05) is 13.2 Å². The molecule has 0 heterocycles. The second-order valence-corrected chi connectivity index (χ2v) is 3.14. The van der Waals surface area contributed by atoms with Crippen molar-refractivity contribution in [1.82, 2.24) is 0 Å². The molecule has 2 nitrogen and oxygen atoms in total. The van der Waals surface area contributed by atoms with Crippen LogP contribution in [-0.2, 0) is 6.42 Å². The highest BCUT2D eigenvalue weighted by molar-refractivity contribution is 5.29. The van der Waals surface area contributed by atoms with Gasteiger partial charge in [-0.1, -0.05) is 0 Å². The average molecular weight is 207 g/mol. The number of nitrogens with two attached hydrogens (primary N) is 1. The van der Waals surface area contributed by atoms with Gasteiger partial charge in [0.15, 0.2) is 0 Å². The van der Waals surface area contributed by atoms with Crippen LogP contribution in [0.25, 0.3) is 0 Å². The molecule has 1 rings (SSSR count). The summed E-state index contributed by atoms with van der Waals surface area (Å²) in [6.45, 7) is 0.898. The van der Waals surface area contributed by atoms with Gasteiger partial charge in [0.25, 0.3) is 0 Å². The molecule has 0 unspecified atom stereocenters. The van der Waals surface area contributed by atoms with E-state index in [9.17, 15) is 4.39 Å². The highest BCUT2D eigenvalue weighted by atomic mass is 19.1. The van der Waals surface area contributed by atoms with Crippen LogP contribution < -0.4 is 10.5 Å². The Morgan fingerprint density at radius 3 is 2.87 bits per heavy atom. The molecule has 80 valence electrons. The first-order valence-electron chi connectivity index (χ1n) is 4.82. The first kappa shape index (κ1) is 11.5. The summed E-state index contributed by atoms with van der Waals surface area (Å²) in [6.07, 6.45) is 6.24. The van der Waals surface area contributed by atoms with Gasteiger partial charge in [0.2, 0.25) is 0 Å². The Balaban J connectivity index is 2.67. The van der Waals surface area contributed by atoms with Crippen molar-refractivity contribution in [3.05, 3.63) is 29.6 Å². The predicted molar refractivity (Wildman–Crippen MR) is 58.1 cm³/mol. The molecule has 0 radical (unpaired) electrons. The fourth-order valence-electron chi connectivity index (χ4n) is 1.24. The maximum atomic E-state index is 13.1. The number of rotatable bonds is 5. The Labute approximate surface area is 89.2 Å². The van der Waals surface area contributed by atoms with Crippen LogP contribution in [0.15, 0.2) is 18.2 Å². The molecule has 0 aromatic heterocycles. The Morgan fingerprint density at radius 1 is 1.40 bits per heavy atom. The van der Waals surface area contributed by atoms with Crippen molar-refractivity contribution in [1.29, 1.82) is 0 Å².